The fourth-order valence-electron chi connectivity index (χ4n) is 2.87. The van der Waals surface area contributed by atoms with Crippen LogP contribution in [0.2, 0.25) is 0 Å². The number of ether oxygens (including phenoxy) is 2. The van der Waals surface area contributed by atoms with Crippen molar-refractivity contribution < 1.29 is 9.47 Å². The highest BCUT2D eigenvalue weighted by atomic mass is 79.9. The maximum absolute atomic E-state index is 5.93. The van der Waals surface area contributed by atoms with Crippen molar-refractivity contribution in [2.24, 2.45) is 0 Å². The van der Waals surface area contributed by atoms with Crippen molar-refractivity contribution in [3.05, 3.63) is 64.1 Å². The van der Waals surface area contributed by atoms with E-state index in [2.05, 4.69) is 51.2 Å². The fraction of sp³-hybridized carbons (Fsp3) is 0.400. The maximum atomic E-state index is 5.93. The van der Waals surface area contributed by atoms with Gasteiger partial charge in [0.1, 0.15) is 12.4 Å². The molecule has 4 heteroatoms. The van der Waals surface area contributed by atoms with Crippen LogP contribution >= 0.6 is 15.9 Å². The predicted octanol–water partition coefficient (Wildman–Crippen LogP) is 4.29. The van der Waals surface area contributed by atoms with Crippen molar-refractivity contribution in [2.75, 3.05) is 32.8 Å². The van der Waals surface area contributed by atoms with Gasteiger partial charge in [-0.15, -0.1) is 0 Å². The minimum absolute atomic E-state index is 0.602. The topological polar surface area (TPSA) is 21.7 Å². The SMILES string of the molecule is Brc1ccc(COc2cccc(CCCN3CCOCC3)c2)cc1. The summed E-state index contributed by atoms with van der Waals surface area (Å²) in [4.78, 5) is 2.48. The van der Waals surface area contributed by atoms with Crippen LogP contribution in [0.1, 0.15) is 17.5 Å². The van der Waals surface area contributed by atoms with Gasteiger partial charge in [-0.3, -0.25) is 4.90 Å². The average molecular weight is 390 g/mol. The van der Waals surface area contributed by atoms with Crippen molar-refractivity contribution in [2.45, 2.75) is 19.4 Å². The Morgan fingerprint density at radius 2 is 1.79 bits per heavy atom. The van der Waals surface area contributed by atoms with Crippen molar-refractivity contribution in [1.29, 1.82) is 0 Å². The fourth-order valence-corrected chi connectivity index (χ4v) is 3.13. The van der Waals surface area contributed by atoms with Crippen molar-refractivity contribution in [1.82, 2.24) is 4.90 Å². The average Bonchev–Trinajstić information content (AvgIpc) is 2.63. The molecule has 2 aromatic rings. The number of hydrogen-bond acceptors (Lipinski definition) is 3. The standard InChI is InChI=1S/C20H24BrNO2/c21-19-8-6-18(7-9-19)16-24-20-5-1-3-17(15-20)4-2-10-22-11-13-23-14-12-22/h1,3,5-9,15H,2,4,10-14,16H2. The molecule has 1 saturated heterocycles. The number of benzene rings is 2. The van der Waals surface area contributed by atoms with E-state index in [9.17, 15) is 0 Å². The molecule has 24 heavy (non-hydrogen) atoms. The van der Waals surface area contributed by atoms with E-state index in [1.807, 2.05) is 18.2 Å². The molecule has 0 aromatic heterocycles. The second kappa shape index (κ2) is 9.21. The third kappa shape index (κ3) is 5.62. The Labute approximate surface area is 152 Å². The molecule has 1 heterocycles. The number of morpholine rings is 1. The first kappa shape index (κ1) is 17.5. The van der Waals surface area contributed by atoms with E-state index < -0.39 is 0 Å². The molecule has 0 aliphatic carbocycles. The molecule has 0 unspecified atom stereocenters. The number of hydrogen-bond donors (Lipinski definition) is 0. The Hall–Kier alpha value is -1.36. The molecule has 0 spiro atoms. The molecule has 0 N–H and O–H groups in total. The summed E-state index contributed by atoms with van der Waals surface area (Å²) >= 11 is 3.45. The lowest BCUT2D eigenvalue weighted by Gasteiger charge is -2.26. The van der Waals surface area contributed by atoms with E-state index in [1.54, 1.807) is 0 Å². The molecule has 0 amide bonds. The third-order valence-corrected chi connectivity index (χ3v) is 4.79. The molecule has 0 atom stereocenters. The molecule has 3 rings (SSSR count). The number of halogens is 1. The van der Waals surface area contributed by atoms with Gasteiger partial charge in [0, 0.05) is 17.6 Å². The first-order valence-electron chi connectivity index (χ1n) is 8.56. The van der Waals surface area contributed by atoms with Crippen LogP contribution in [0.25, 0.3) is 0 Å². The second-order valence-corrected chi connectivity index (χ2v) is 7.04. The van der Waals surface area contributed by atoms with E-state index in [0.717, 1.165) is 49.5 Å². The smallest absolute Gasteiger partial charge is 0.120 e. The van der Waals surface area contributed by atoms with Crippen LogP contribution in [0.3, 0.4) is 0 Å². The second-order valence-electron chi connectivity index (χ2n) is 6.12. The lowest BCUT2D eigenvalue weighted by molar-refractivity contribution is 0.0374. The van der Waals surface area contributed by atoms with Crippen LogP contribution in [0.4, 0.5) is 0 Å². The van der Waals surface area contributed by atoms with E-state index in [-0.39, 0.29) is 0 Å². The molecular formula is C20H24BrNO2. The Balaban J connectivity index is 1.45. The highest BCUT2D eigenvalue weighted by molar-refractivity contribution is 9.10. The summed E-state index contributed by atoms with van der Waals surface area (Å²) in [6.07, 6.45) is 2.27. The van der Waals surface area contributed by atoms with Crippen LogP contribution in [0.5, 0.6) is 5.75 Å². The molecule has 0 bridgehead atoms. The minimum Gasteiger partial charge on any atom is -0.489 e. The molecule has 128 valence electrons. The Morgan fingerprint density at radius 3 is 2.58 bits per heavy atom. The summed E-state index contributed by atoms with van der Waals surface area (Å²) in [6.45, 7) is 5.63. The molecule has 0 radical (unpaired) electrons. The largest absolute Gasteiger partial charge is 0.489 e. The molecule has 1 aliphatic rings. The van der Waals surface area contributed by atoms with Gasteiger partial charge in [-0.2, -0.15) is 0 Å². The van der Waals surface area contributed by atoms with E-state index in [4.69, 9.17) is 9.47 Å². The molecule has 2 aromatic carbocycles. The summed E-state index contributed by atoms with van der Waals surface area (Å²) in [7, 11) is 0. The molecule has 0 saturated carbocycles. The van der Waals surface area contributed by atoms with Gasteiger partial charge in [-0.25, -0.2) is 0 Å². The predicted molar refractivity (Wildman–Crippen MR) is 100 cm³/mol. The zero-order chi connectivity index (χ0) is 16.6. The summed E-state index contributed by atoms with van der Waals surface area (Å²) in [6, 6.07) is 16.7. The van der Waals surface area contributed by atoms with Crippen molar-refractivity contribution >= 4 is 15.9 Å². The quantitative estimate of drug-likeness (QED) is 0.704. The lowest BCUT2D eigenvalue weighted by Crippen LogP contribution is -2.36. The van der Waals surface area contributed by atoms with E-state index in [0.29, 0.717) is 6.61 Å². The molecule has 1 aliphatic heterocycles. The normalized spacial score (nSPS) is 15.4. The number of aryl methyl sites for hydroxylation is 1. The monoisotopic (exact) mass is 389 g/mol. The zero-order valence-electron chi connectivity index (χ0n) is 13.9. The summed E-state index contributed by atoms with van der Waals surface area (Å²) < 4.78 is 12.4. The van der Waals surface area contributed by atoms with Crippen LogP contribution in [-0.4, -0.2) is 37.7 Å². The highest BCUT2D eigenvalue weighted by Crippen LogP contribution is 2.17. The van der Waals surface area contributed by atoms with Crippen molar-refractivity contribution in [3.63, 3.8) is 0 Å². The third-order valence-electron chi connectivity index (χ3n) is 4.26. The highest BCUT2D eigenvalue weighted by Gasteiger charge is 2.09. The summed E-state index contributed by atoms with van der Waals surface area (Å²) in [5, 5.41) is 0. The van der Waals surface area contributed by atoms with Crippen molar-refractivity contribution in [3.8, 4) is 5.75 Å². The number of rotatable bonds is 7. The molecular weight excluding hydrogens is 366 g/mol. The van der Waals surface area contributed by atoms with Crippen LogP contribution < -0.4 is 4.74 Å². The van der Waals surface area contributed by atoms with Gasteiger partial charge >= 0.3 is 0 Å². The van der Waals surface area contributed by atoms with Gasteiger partial charge in [0.05, 0.1) is 13.2 Å². The molecule has 3 nitrogen and oxygen atoms in total. The van der Waals surface area contributed by atoms with Gasteiger partial charge < -0.3 is 9.47 Å². The van der Waals surface area contributed by atoms with Crippen LogP contribution in [0.15, 0.2) is 53.0 Å². The number of nitrogens with zero attached hydrogens (tertiary/aromatic N) is 1. The van der Waals surface area contributed by atoms with Crippen LogP contribution in [-0.2, 0) is 17.8 Å². The zero-order valence-corrected chi connectivity index (χ0v) is 15.5. The lowest BCUT2D eigenvalue weighted by atomic mass is 10.1. The first-order chi connectivity index (χ1) is 11.8. The van der Waals surface area contributed by atoms with Gasteiger partial charge in [-0.1, -0.05) is 40.2 Å². The maximum Gasteiger partial charge on any atom is 0.120 e. The first-order valence-corrected chi connectivity index (χ1v) is 9.35. The Bertz CT molecular complexity index is 624. The minimum atomic E-state index is 0.602. The Kier molecular flexibility index (Phi) is 6.70. The summed E-state index contributed by atoms with van der Waals surface area (Å²) in [5.41, 5.74) is 2.52. The van der Waals surface area contributed by atoms with Gasteiger partial charge in [0.15, 0.2) is 0 Å². The summed E-state index contributed by atoms with van der Waals surface area (Å²) in [5.74, 6) is 0.946. The van der Waals surface area contributed by atoms with E-state index in [1.165, 1.54) is 17.5 Å². The van der Waals surface area contributed by atoms with Gasteiger partial charge in [-0.05, 0) is 54.8 Å². The van der Waals surface area contributed by atoms with Crippen LogP contribution in [0, 0.1) is 0 Å². The molecule has 1 fully saturated rings. The van der Waals surface area contributed by atoms with Gasteiger partial charge in [0.2, 0.25) is 0 Å². The van der Waals surface area contributed by atoms with Gasteiger partial charge in [0.25, 0.3) is 0 Å². The van der Waals surface area contributed by atoms with E-state index >= 15 is 0 Å². The Morgan fingerprint density at radius 1 is 1.00 bits per heavy atom.